The molecule has 7 nitrogen and oxygen atoms in total. The van der Waals surface area contributed by atoms with E-state index in [4.69, 9.17) is 0 Å². The summed E-state index contributed by atoms with van der Waals surface area (Å²) >= 11 is 0. The highest BCUT2D eigenvalue weighted by atomic mass is 16.3. The third-order valence-electron chi connectivity index (χ3n) is 3.67. The first kappa shape index (κ1) is 12.7. The molecule has 20 heavy (non-hydrogen) atoms. The number of hydrogen-bond acceptors (Lipinski definition) is 5. The van der Waals surface area contributed by atoms with Gasteiger partial charge in [0.05, 0.1) is 6.61 Å². The summed E-state index contributed by atoms with van der Waals surface area (Å²) in [6.07, 6.45) is 1.95. The largest absolute Gasteiger partial charge is 0.396 e. The molecule has 7 heteroatoms. The highest BCUT2D eigenvalue weighted by Crippen LogP contribution is 2.44. The summed E-state index contributed by atoms with van der Waals surface area (Å²) in [5.41, 5.74) is 1.29. The number of H-pyrrole nitrogens is 1. The fourth-order valence-corrected chi connectivity index (χ4v) is 1.99. The zero-order chi connectivity index (χ0) is 14.0. The van der Waals surface area contributed by atoms with Crippen LogP contribution in [0.25, 0.3) is 11.4 Å². The highest BCUT2D eigenvalue weighted by molar-refractivity contribution is 5.94. The van der Waals surface area contributed by atoms with Crippen LogP contribution in [0, 0.1) is 5.41 Å². The number of aliphatic hydroxyl groups excluding tert-OH is 1. The fraction of sp³-hybridized carbons (Fsp3) is 0.385. The number of aliphatic hydroxyl groups is 1. The first-order valence-electron chi connectivity index (χ1n) is 6.45. The summed E-state index contributed by atoms with van der Waals surface area (Å²) in [4.78, 5) is 12.0. The van der Waals surface area contributed by atoms with E-state index in [9.17, 15) is 9.90 Å². The number of aromatic nitrogens is 4. The molecule has 0 spiro atoms. The van der Waals surface area contributed by atoms with Gasteiger partial charge in [-0.2, -0.15) is 5.21 Å². The number of nitrogens with zero attached hydrogens (tertiary/aromatic N) is 3. The first-order valence-corrected chi connectivity index (χ1v) is 6.45. The van der Waals surface area contributed by atoms with E-state index in [0.717, 1.165) is 18.4 Å². The van der Waals surface area contributed by atoms with Gasteiger partial charge >= 0.3 is 0 Å². The molecule has 0 unspecified atom stereocenters. The molecule has 0 atom stereocenters. The molecule has 3 rings (SSSR count). The van der Waals surface area contributed by atoms with Gasteiger partial charge in [-0.05, 0) is 30.2 Å². The van der Waals surface area contributed by atoms with Crippen LogP contribution in [-0.2, 0) is 0 Å². The Kier molecular flexibility index (Phi) is 3.19. The Morgan fingerprint density at radius 1 is 1.35 bits per heavy atom. The average Bonchev–Trinajstić information content (AvgIpc) is 3.07. The standard InChI is InChI=1S/C13H15N5O2/c19-8-13(5-6-13)7-14-12(20)10-3-1-9(2-4-10)11-15-17-18-16-11/h1-4,19H,5-8H2,(H,14,20)(H,15,16,17,18). The van der Waals surface area contributed by atoms with Crippen LogP contribution in [-0.4, -0.2) is 44.8 Å². The van der Waals surface area contributed by atoms with Gasteiger partial charge < -0.3 is 10.4 Å². The number of hydrogen-bond donors (Lipinski definition) is 3. The molecule has 2 aromatic rings. The van der Waals surface area contributed by atoms with E-state index in [-0.39, 0.29) is 17.9 Å². The highest BCUT2D eigenvalue weighted by Gasteiger charge is 2.42. The number of benzene rings is 1. The van der Waals surface area contributed by atoms with Gasteiger partial charge in [0.2, 0.25) is 5.82 Å². The van der Waals surface area contributed by atoms with Crippen molar-refractivity contribution in [3.63, 3.8) is 0 Å². The van der Waals surface area contributed by atoms with Crippen LogP contribution in [0.3, 0.4) is 0 Å². The molecule has 1 aromatic heterocycles. The van der Waals surface area contributed by atoms with Gasteiger partial charge in [0.25, 0.3) is 5.91 Å². The van der Waals surface area contributed by atoms with E-state index in [2.05, 4.69) is 25.9 Å². The van der Waals surface area contributed by atoms with Crippen LogP contribution >= 0.6 is 0 Å². The minimum Gasteiger partial charge on any atom is -0.396 e. The van der Waals surface area contributed by atoms with Gasteiger partial charge in [0.15, 0.2) is 0 Å². The van der Waals surface area contributed by atoms with E-state index in [1.54, 1.807) is 24.3 Å². The molecule has 0 aliphatic heterocycles. The second-order valence-corrected chi connectivity index (χ2v) is 5.15. The maximum Gasteiger partial charge on any atom is 0.251 e. The van der Waals surface area contributed by atoms with Crippen molar-refractivity contribution in [1.29, 1.82) is 0 Å². The summed E-state index contributed by atoms with van der Waals surface area (Å²) in [6, 6.07) is 7.00. The number of tetrazole rings is 1. The molecule has 1 amide bonds. The molecule has 3 N–H and O–H groups in total. The predicted octanol–water partition coefficient (Wildman–Crippen LogP) is 0.369. The molecule has 0 radical (unpaired) electrons. The van der Waals surface area contributed by atoms with Crippen molar-refractivity contribution in [3.05, 3.63) is 29.8 Å². The number of rotatable bonds is 5. The third kappa shape index (κ3) is 2.53. The van der Waals surface area contributed by atoms with Crippen LogP contribution < -0.4 is 5.32 Å². The molecule has 1 aromatic carbocycles. The topological polar surface area (TPSA) is 104 Å². The van der Waals surface area contributed by atoms with Crippen LogP contribution in [0.4, 0.5) is 0 Å². The second kappa shape index (κ2) is 5.01. The number of amides is 1. The number of carbonyl (C=O) groups is 1. The van der Waals surface area contributed by atoms with Crippen LogP contribution in [0.1, 0.15) is 23.2 Å². The van der Waals surface area contributed by atoms with Gasteiger partial charge in [0, 0.05) is 23.1 Å². The Labute approximate surface area is 115 Å². The van der Waals surface area contributed by atoms with E-state index in [1.807, 2.05) is 0 Å². The quantitative estimate of drug-likeness (QED) is 0.730. The number of aromatic amines is 1. The van der Waals surface area contributed by atoms with Crippen molar-refractivity contribution in [2.24, 2.45) is 5.41 Å². The molecule has 104 valence electrons. The van der Waals surface area contributed by atoms with Crippen LogP contribution in [0.2, 0.25) is 0 Å². The maximum absolute atomic E-state index is 12.0. The maximum atomic E-state index is 12.0. The monoisotopic (exact) mass is 273 g/mol. The number of carbonyl (C=O) groups excluding carboxylic acids is 1. The number of nitrogens with one attached hydrogen (secondary N) is 2. The third-order valence-corrected chi connectivity index (χ3v) is 3.67. The van der Waals surface area contributed by atoms with Crippen molar-refractivity contribution < 1.29 is 9.90 Å². The lowest BCUT2D eigenvalue weighted by Crippen LogP contribution is -2.31. The van der Waals surface area contributed by atoms with Gasteiger partial charge in [-0.25, -0.2) is 0 Å². The van der Waals surface area contributed by atoms with Crippen LogP contribution in [0.15, 0.2) is 24.3 Å². The Hall–Kier alpha value is -2.28. The molecule has 0 bridgehead atoms. The second-order valence-electron chi connectivity index (χ2n) is 5.15. The van der Waals surface area contributed by atoms with Gasteiger partial charge in [-0.1, -0.05) is 12.1 Å². The van der Waals surface area contributed by atoms with Crippen LogP contribution in [0.5, 0.6) is 0 Å². The summed E-state index contributed by atoms with van der Waals surface area (Å²) < 4.78 is 0. The Morgan fingerprint density at radius 2 is 2.10 bits per heavy atom. The van der Waals surface area contributed by atoms with E-state index in [1.165, 1.54) is 0 Å². The summed E-state index contributed by atoms with van der Waals surface area (Å²) in [6.45, 7) is 0.652. The predicted molar refractivity (Wildman–Crippen MR) is 70.7 cm³/mol. The summed E-state index contributed by atoms with van der Waals surface area (Å²) in [5.74, 6) is 0.360. The molecule has 1 aliphatic carbocycles. The van der Waals surface area contributed by atoms with Crippen molar-refractivity contribution in [2.75, 3.05) is 13.2 Å². The minimum atomic E-state index is -0.135. The lowest BCUT2D eigenvalue weighted by molar-refractivity contribution is 0.0935. The lowest BCUT2D eigenvalue weighted by Gasteiger charge is -2.12. The Bertz CT molecular complexity index is 590. The molecule has 1 saturated carbocycles. The normalized spacial score (nSPS) is 15.8. The van der Waals surface area contributed by atoms with Crippen molar-refractivity contribution in [3.8, 4) is 11.4 Å². The zero-order valence-electron chi connectivity index (χ0n) is 10.8. The molecule has 0 saturated heterocycles. The molecule has 1 aliphatic rings. The molecule has 1 fully saturated rings. The fourth-order valence-electron chi connectivity index (χ4n) is 1.99. The lowest BCUT2D eigenvalue weighted by atomic mass is 10.1. The SMILES string of the molecule is O=C(NCC1(CO)CC1)c1ccc(-c2nn[nH]n2)cc1. The van der Waals surface area contributed by atoms with Gasteiger partial charge in [-0.3, -0.25) is 4.79 Å². The Balaban J connectivity index is 1.64. The summed E-state index contributed by atoms with van der Waals surface area (Å²) in [5, 5.41) is 25.7. The minimum absolute atomic E-state index is 0.0831. The Morgan fingerprint density at radius 3 is 2.65 bits per heavy atom. The van der Waals surface area contributed by atoms with Crippen molar-refractivity contribution in [2.45, 2.75) is 12.8 Å². The summed E-state index contributed by atoms with van der Waals surface area (Å²) in [7, 11) is 0. The molecular weight excluding hydrogens is 258 g/mol. The van der Waals surface area contributed by atoms with Gasteiger partial charge in [-0.15, -0.1) is 10.2 Å². The first-order chi connectivity index (χ1) is 9.72. The average molecular weight is 273 g/mol. The van der Waals surface area contributed by atoms with E-state index < -0.39 is 0 Å². The smallest absolute Gasteiger partial charge is 0.251 e. The van der Waals surface area contributed by atoms with Crippen molar-refractivity contribution in [1.82, 2.24) is 25.9 Å². The van der Waals surface area contributed by atoms with Crippen molar-refractivity contribution >= 4 is 5.91 Å². The van der Waals surface area contributed by atoms with E-state index >= 15 is 0 Å². The van der Waals surface area contributed by atoms with Gasteiger partial charge in [0.1, 0.15) is 0 Å². The molecule has 1 heterocycles. The molecular formula is C13H15N5O2. The van der Waals surface area contributed by atoms with E-state index in [0.29, 0.717) is 17.9 Å². The zero-order valence-corrected chi connectivity index (χ0v) is 10.8.